The first-order valence-electron chi connectivity index (χ1n) is 4.95. The van der Waals surface area contributed by atoms with E-state index in [0.717, 1.165) is 12.1 Å². The summed E-state index contributed by atoms with van der Waals surface area (Å²) in [4.78, 5) is 0. The monoisotopic (exact) mass is 230 g/mol. The number of rotatable bonds is 3. The van der Waals surface area contributed by atoms with Gasteiger partial charge in [-0.1, -0.05) is 0 Å². The second kappa shape index (κ2) is 4.25. The van der Waals surface area contributed by atoms with Gasteiger partial charge < -0.3 is 16.2 Å². The molecular formula is C11H16F2N2O. The van der Waals surface area contributed by atoms with E-state index in [4.69, 9.17) is 5.73 Å². The van der Waals surface area contributed by atoms with Crippen molar-refractivity contribution >= 4 is 11.4 Å². The third-order valence-electron chi connectivity index (χ3n) is 2.56. The Morgan fingerprint density at radius 2 is 1.75 bits per heavy atom. The molecule has 3 nitrogen and oxygen atoms in total. The molecule has 0 aromatic heterocycles. The maximum Gasteiger partial charge on any atom is 0.151 e. The zero-order valence-corrected chi connectivity index (χ0v) is 9.51. The number of aliphatic hydroxyl groups is 1. The Labute approximate surface area is 93.3 Å². The number of hydrogen-bond donors (Lipinski definition) is 3. The minimum Gasteiger partial charge on any atom is -0.399 e. The summed E-state index contributed by atoms with van der Waals surface area (Å²) in [7, 11) is 0. The molecule has 0 radical (unpaired) electrons. The standard InChI is InChI=1S/C11H16F2N2O/c1-6(16)11(2,3)15-10-8(12)4-7(14)5-9(10)13/h4-6,15-16H,14H2,1-3H3. The van der Waals surface area contributed by atoms with E-state index in [9.17, 15) is 13.9 Å². The molecule has 16 heavy (non-hydrogen) atoms. The molecule has 1 rings (SSSR count). The van der Waals surface area contributed by atoms with Crippen molar-refractivity contribution in [2.45, 2.75) is 32.4 Å². The topological polar surface area (TPSA) is 58.3 Å². The summed E-state index contributed by atoms with van der Waals surface area (Å²) in [5, 5.41) is 12.1. The molecule has 0 aliphatic heterocycles. The molecule has 1 aromatic carbocycles. The molecule has 0 saturated heterocycles. The first-order chi connectivity index (χ1) is 7.24. The quantitative estimate of drug-likeness (QED) is 0.697. The van der Waals surface area contributed by atoms with Gasteiger partial charge in [-0.25, -0.2) is 8.78 Å². The van der Waals surface area contributed by atoms with Crippen LogP contribution < -0.4 is 11.1 Å². The molecule has 1 aromatic rings. The fourth-order valence-corrected chi connectivity index (χ4v) is 1.14. The van der Waals surface area contributed by atoms with Gasteiger partial charge in [-0.15, -0.1) is 0 Å². The molecule has 0 aliphatic rings. The van der Waals surface area contributed by atoms with Crippen LogP contribution in [0.15, 0.2) is 12.1 Å². The molecule has 0 bridgehead atoms. The van der Waals surface area contributed by atoms with Crippen LogP contribution in [0, 0.1) is 11.6 Å². The van der Waals surface area contributed by atoms with Gasteiger partial charge in [0.1, 0.15) is 5.69 Å². The number of nitrogen functional groups attached to an aromatic ring is 1. The summed E-state index contributed by atoms with van der Waals surface area (Å²) in [5.41, 5.74) is 4.21. The molecule has 0 amide bonds. The average molecular weight is 230 g/mol. The number of halogens is 2. The van der Waals surface area contributed by atoms with Crippen LogP contribution >= 0.6 is 0 Å². The van der Waals surface area contributed by atoms with Gasteiger partial charge in [0.25, 0.3) is 0 Å². The summed E-state index contributed by atoms with van der Waals surface area (Å²) in [6.45, 7) is 4.83. The van der Waals surface area contributed by atoms with E-state index in [0.29, 0.717) is 0 Å². The number of hydrogen-bond acceptors (Lipinski definition) is 3. The highest BCUT2D eigenvalue weighted by atomic mass is 19.1. The fourth-order valence-electron chi connectivity index (χ4n) is 1.14. The predicted molar refractivity (Wildman–Crippen MR) is 60.2 cm³/mol. The Bertz CT molecular complexity index is 369. The molecule has 1 atom stereocenters. The van der Waals surface area contributed by atoms with Crippen molar-refractivity contribution in [1.82, 2.24) is 0 Å². The molecule has 0 saturated carbocycles. The lowest BCUT2D eigenvalue weighted by atomic mass is 9.98. The highest BCUT2D eigenvalue weighted by Gasteiger charge is 2.26. The van der Waals surface area contributed by atoms with Crippen molar-refractivity contribution in [2.24, 2.45) is 0 Å². The van der Waals surface area contributed by atoms with Crippen molar-refractivity contribution < 1.29 is 13.9 Å². The normalized spacial score (nSPS) is 13.6. The minimum absolute atomic E-state index is 0.0235. The smallest absolute Gasteiger partial charge is 0.151 e. The average Bonchev–Trinajstić information content (AvgIpc) is 2.11. The van der Waals surface area contributed by atoms with Crippen LogP contribution in [0.4, 0.5) is 20.2 Å². The van der Waals surface area contributed by atoms with Gasteiger partial charge in [0.2, 0.25) is 0 Å². The Morgan fingerprint density at radius 1 is 1.31 bits per heavy atom. The van der Waals surface area contributed by atoms with Crippen LogP contribution in [0.2, 0.25) is 0 Å². The largest absolute Gasteiger partial charge is 0.399 e. The lowest BCUT2D eigenvalue weighted by Crippen LogP contribution is -2.42. The van der Waals surface area contributed by atoms with Gasteiger partial charge >= 0.3 is 0 Å². The Kier molecular flexibility index (Phi) is 3.38. The number of aliphatic hydroxyl groups excluding tert-OH is 1. The van der Waals surface area contributed by atoms with E-state index < -0.39 is 23.3 Å². The third kappa shape index (κ3) is 2.61. The molecule has 0 fully saturated rings. The zero-order chi connectivity index (χ0) is 12.5. The summed E-state index contributed by atoms with van der Waals surface area (Å²) >= 11 is 0. The molecule has 0 spiro atoms. The Balaban J connectivity index is 3.07. The van der Waals surface area contributed by atoms with E-state index in [1.54, 1.807) is 20.8 Å². The number of benzene rings is 1. The maximum absolute atomic E-state index is 13.4. The van der Waals surface area contributed by atoms with Gasteiger partial charge in [0.05, 0.1) is 11.6 Å². The lowest BCUT2D eigenvalue weighted by molar-refractivity contribution is 0.132. The first-order valence-corrected chi connectivity index (χ1v) is 4.95. The third-order valence-corrected chi connectivity index (χ3v) is 2.56. The summed E-state index contributed by atoms with van der Waals surface area (Å²) in [5.74, 6) is -1.54. The minimum atomic E-state index is -0.836. The SMILES string of the molecule is CC(O)C(C)(C)Nc1c(F)cc(N)cc1F. The van der Waals surface area contributed by atoms with Crippen molar-refractivity contribution in [3.8, 4) is 0 Å². The van der Waals surface area contributed by atoms with E-state index in [-0.39, 0.29) is 11.4 Å². The molecular weight excluding hydrogens is 214 g/mol. The molecule has 90 valence electrons. The van der Waals surface area contributed by atoms with E-state index in [1.165, 1.54) is 0 Å². The zero-order valence-electron chi connectivity index (χ0n) is 9.51. The molecule has 4 N–H and O–H groups in total. The molecule has 0 heterocycles. The van der Waals surface area contributed by atoms with Crippen LogP contribution in [0.5, 0.6) is 0 Å². The van der Waals surface area contributed by atoms with Crippen molar-refractivity contribution in [1.29, 1.82) is 0 Å². The summed E-state index contributed by atoms with van der Waals surface area (Å²) < 4.78 is 26.9. The number of anilines is 2. The Hall–Kier alpha value is -1.36. The van der Waals surface area contributed by atoms with E-state index >= 15 is 0 Å². The van der Waals surface area contributed by atoms with Crippen molar-refractivity contribution in [3.63, 3.8) is 0 Å². The van der Waals surface area contributed by atoms with Gasteiger partial charge in [-0.2, -0.15) is 0 Å². The van der Waals surface area contributed by atoms with Crippen LogP contribution in [0.25, 0.3) is 0 Å². The highest BCUT2D eigenvalue weighted by Crippen LogP contribution is 2.26. The molecule has 1 unspecified atom stereocenters. The number of nitrogens with one attached hydrogen (secondary N) is 1. The second-order valence-corrected chi connectivity index (χ2v) is 4.38. The maximum atomic E-state index is 13.4. The second-order valence-electron chi connectivity index (χ2n) is 4.38. The first kappa shape index (κ1) is 12.7. The van der Waals surface area contributed by atoms with Crippen LogP contribution in [0.3, 0.4) is 0 Å². The van der Waals surface area contributed by atoms with Crippen molar-refractivity contribution in [2.75, 3.05) is 11.1 Å². The van der Waals surface area contributed by atoms with E-state index in [1.807, 2.05) is 0 Å². The van der Waals surface area contributed by atoms with E-state index in [2.05, 4.69) is 5.32 Å². The van der Waals surface area contributed by atoms with Crippen molar-refractivity contribution in [3.05, 3.63) is 23.8 Å². The highest BCUT2D eigenvalue weighted by molar-refractivity contribution is 5.55. The van der Waals surface area contributed by atoms with Gasteiger partial charge in [-0.05, 0) is 32.9 Å². The fraction of sp³-hybridized carbons (Fsp3) is 0.455. The molecule has 0 aliphatic carbocycles. The summed E-state index contributed by atoms with van der Waals surface area (Å²) in [6.07, 6.45) is -0.760. The number of nitrogens with two attached hydrogens (primary N) is 1. The van der Waals surface area contributed by atoms with Crippen LogP contribution in [0.1, 0.15) is 20.8 Å². The van der Waals surface area contributed by atoms with Crippen LogP contribution in [-0.2, 0) is 0 Å². The van der Waals surface area contributed by atoms with Gasteiger partial charge in [0, 0.05) is 5.69 Å². The summed E-state index contributed by atoms with van der Waals surface area (Å²) in [6, 6.07) is 2.06. The molecule has 5 heteroatoms. The Morgan fingerprint density at radius 3 is 2.12 bits per heavy atom. The lowest BCUT2D eigenvalue weighted by Gasteiger charge is -2.30. The van der Waals surface area contributed by atoms with Crippen LogP contribution in [-0.4, -0.2) is 16.7 Å². The van der Waals surface area contributed by atoms with Gasteiger partial charge in [0.15, 0.2) is 11.6 Å². The predicted octanol–water partition coefficient (Wildman–Crippen LogP) is 2.12. The van der Waals surface area contributed by atoms with Gasteiger partial charge in [-0.3, -0.25) is 0 Å².